The van der Waals surface area contributed by atoms with Gasteiger partial charge in [-0.2, -0.15) is 0 Å². The summed E-state index contributed by atoms with van der Waals surface area (Å²) in [6.07, 6.45) is 0.437. The lowest BCUT2D eigenvalue weighted by Crippen LogP contribution is -2.42. The first kappa shape index (κ1) is 16.7. The molecule has 2 rings (SSSR count). The minimum atomic E-state index is -0.905. The van der Waals surface area contributed by atoms with Crippen LogP contribution in [0.1, 0.15) is 16.8 Å². The molecule has 0 saturated carbocycles. The van der Waals surface area contributed by atoms with Crippen molar-refractivity contribution in [2.75, 3.05) is 26.2 Å². The van der Waals surface area contributed by atoms with Gasteiger partial charge >= 0.3 is 12.0 Å². The Bertz CT molecular complexity index is 608. The summed E-state index contributed by atoms with van der Waals surface area (Å²) < 4.78 is 13.4. The van der Waals surface area contributed by atoms with Crippen molar-refractivity contribution in [3.63, 3.8) is 0 Å². The first-order chi connectivity index (χ1) is 11.0. The number of aliphatic carboxylic acids is 1. The quantitative estimate of drug-likeness (QED) is 0.694. The SMILES string of the molecule is O=C(NCCNC(=O)N1CCC(C(=O)O)C1)c1ccccc1F. The zero-order valence-electron chi connectivity index (χ0n) is 12.4. The van der Waals surface area contributed by atoms with Crippen molar-refractivity contribution in [1.82, 2.24) is 15.5 Å². The van der Waals surface area contributed by atoms with E-state index in [1.807, 2.05) is 0 Å². The molecular formula is C15H18FN3O4. The van der Waals surface area contributed by atoms with Crippen LogP contribution >= 0.6 is 0 Å². The average molecular weight is 323 g/mol. The second-order valence-corrected chi connectivity index (χ2v) is 5.24. The van der Waals surface area contributed by atoms with Crippen LogP contribution in [0, 0.1) is 11.7 Å². The number of rotatable bonds is 5. The highest BCUT2D eigenvalue weighted by molar-refractivity contribution is 5.94. The maximum atomic E-state index is 13.4. The molecule has 1 aliphatic heterocycles. The topological polar surface area (TPSA) is 98.7 Å². The fraction of sp³-hybridized carbons (Fsp3) is 0.400. The third kappa shape index (κ3) is 4.41. The maximum absolute atomic E-state index is 13.4. The van der Waals surface area contributed by atoms with Crippen LogP contribution in [0.2, 0.25) is 0 Å². The number of benzene rings is 1. The Hall–Kier alpha value is -2.64. The molecule has 0 spiro atoms. The highest BCUT2D eigenvalue weighted by Gasteiger charge is 2.30. The van der Waals surface area contributed by atoms with Gasteiger partial charge in [-0.15, -0.1) is 0 Å². The van der Waals surface area contributed by atoms with Crippen LogP contribution < -0.4 is 10.6 Å². The van der Waals surface area contributed by atoms with Crippen LogP contribution in [-0.4, -0.2) is 54.1 Å². The van der Waals surface area contributed by atoms with Gasteiger partial charge in [0, 0.05) is 26.2 Å². The Morgan fingerprint density at radius 1 is 1.22 bits per heavy atom. The van der Waals surface area contributed by atoms with E-state index in [9.17, 15) is 18.8 Å². The van der Waals surface area contributed by atoms with E-state index in [4.69, 9.17) is 5.11 Å². The molecular weight excluding hydrogens is 305 g/mol. The molecule has 23 heavy (non-hydrogen) atoms. The van der Waals surface area contributed by atoms with E-state index in [1.165, 1.54) is 23.1 Å². The zero-order valence-corrected chi connectivity index (χ0v) is 12.4. The number of hydrogen-bond acceptors (Lipinski definition) is 3. The third-order valence-corrected chi connectivity index (χ3v) is 3.63. The molecule has 0 aliphatic carbocycles. The summed E-state index contributed by atoms with van der Waals surface area (Å²) in [5.41, 5.74) is -0.0531. The van der Waals surface area contributed by atoms with Crippen LogP contribution in [0.15, 0.2) is 24.3 Å². The summed E-state index contributed by atoms with van der Waals surface area (Å²) in [5.74, 6) is -2.59. The number of carbonyl (C=O) groups excluding carboxylic acids is 2. The molecule has 1 aliphatic rings. The molecule has 0 aromatic heterocycles. The highest BCUT2D eigenvalue weighted by Crippen LogP contribution is 2.15. The molecule has 7 nitrogen and oxygen atoms in total. The van der Waals surface area contributed by atoms with Crippen molar-refractivity contribution in [2.24, 2.45) is 5.92 Å². The standard InChI is InChI=1S/C15H18FN3O4/c16-12-4-2-1-3-11(12)13(20)17-6-7-18-15(23)19-8-5-10(9-19)14(21)22/h1-4,10H,5-9H2,(H,17,20)(H,18,23)(H,21,22). The van der Waals surface area contributed by atoms with Crippen LogP contribution in [0.3, 0.4) is 0 Å². The van der Waals surface area contributed by atoms with Gasteiger partial charge in [0.1, 0.15) is 5.82 Å². The van der Waals surface area contributed by atoms with E-state index in [0.717, 1.165) is 0 Å². The van der Waals surface area contributed by atoms with Crippen molar-refractivity contribution in [3.8, 4) is 0 Å². The third-order valence-electron chi connectivity index (χ3n) is 3.63. The van der Waals surface area contributed by atoms with Crippen molar-refractivity contribution in [1.29, 1.82) is 0 Å². The normalized spacial score (nSPS) is 16.9. The Labute approximate surface area is 132 Å². The highest BCUT2D eigenvalue weighted by atomic mass is 19.1. The number of nitrogens with zero attached hydrogens (tertiary/aromatic N) is 1. The number of nitrogens with one attached hydrogen (secondary N) is 2. The first-order valence-electron chi connectivity index (χ1n) is 7.27. The van der Waals surface area contributed by atoms with Crippen molar-refractivity contribution < 1.29 is 23.9 Å². The van der Waals surface area contributed by atoms with Gasteiger partial charge in [-0.3, -0.25) is 9.59 Å². The number of amides is 3. The van der Waals surface area contributed by atoms with Gasteiger partial charge in [0.05, 0.1) is 11.5 Å². The summed E-state index contributed by atoms with van der Waals surface area (Å²) >= 11 is 0. The molecule has 124 valence electrons. The van der Waals surface area contributed by atoms with E-state index < -0.39 is 23.6 Å². The molecule has 1 atom stereocenters. The van der Waals surface area contributed by atoms with Gasteiger partial charge in [-0.05, 0) is 18.6 Å². The second kappa shape index (κ2) is 7.57. The molecule has 3 N–H and O–H groups in total. The average Bonchev–Trinajstić information content (AvgIpc) is 3.02. The minimum Gasteiger partial charge on any atom is -0.481 e. The Morgan fingerprint density at radius 2 is 1.91 bits per heavy atom. The number of halogens is 1. The van der Waals surface area contributed by atoms with Crippen molar-refractivity contribution >= 4 is 17.9 Å². The number of hydrogen-bond donors (Lipinski definition) is 3. The van der Waals surface area contributed by atoms with Crippen molar-refractivity contribution in [3.05, 3.63) is 35.6 Å². The van der Waals surface area contributed by atoms with E-state index in [0.29, 0.717) is 13.0 Å². The van der Waals surface area contributed by atoms with E-state index in [-0.39, 0.29) is 31.2 Å². The molecule has 3 amide bonds. The molecule has 1 aromatic carbocycles. The Morgan fingerprint density at radius 3 is 2.57 bits per heavy atom. The number of urea groups is 1. The lowest BCUT2D eigenvalue weighted by molar-refractivity contribution is -0.141. The molecule has 1 aromatic rings. The lowest BCUT2D eigenvalue weighted by atomic mass is 10.1. The Kier molecular flexibility index (Phi) is 5.51. The van der Waals surface area contributed by atoms with Crippen molar-refractivity contribution in [2.45, 2.75) is 6.42 Å². The van der Waals surface area contributed by atoms with Crippen LogP contribution in [0.5, 0.6) is 0 Å². The molecule has 1 unspecified atom stereocenters. The molecule has 1 fully saturated rings. The van der Waals surface area contributed by atoms with E-state index in [2.05, 4.69) is 10.6 Å². The number of carboxylic acids is 1. The van der Waals surface area contributed by atoms with Gasteiger partial charge in [0.2, 0.25) is 0 Å². The van der Waals surface area contributed by atoms with E-state index >= 15 is 0 Å². The van der Waals surface area contributed by atoms with Gasteiger partial charge in [-0.1, -0.05) is 12.1 Å². The van der Waals surface area contributed by atoms with Gasteiger partial charge in [0.15, 0.2) is 0 Å². The van der Waals surface area contributed by atoms with Crippen LogP contribution in [-0.2, 0) is 4.79 Å². The summed E-state index contributed by atoms with van der Waals surface area (Å²) in [6.45, 7) is 0.898. The molecule has 1 heterocycles. The predicted octanol–water partition coefficient (Wildman–Crippen LogP) is 0.672. The van der Waals surface area contributed by atoms with E-state index in [1.54, 1.807) is 6.07 Å². The van der Waals surface area contributed by atoms with Gasteiger partial charge in [0.25, 0.3) is 5.91 Å². The number of carbonyl (C=O) groups is 3. The molecule has 1 saturated heterocycles. The molecule has 0 bridgehead atoms. The summed E-state index contributed by atoms with van der Waals surface area (Å²) in [6, 6.07) is 5.26. The second-order valence-electron chi connectivity index (χ2n) is 5.24. The smallest absolute Gasteiger partial charge is 0.317 e. The number of carboxylic acid groups (broad SMARTS) is 1. The number of likely N-dealkylation sites (tertiary alicyclic amines) is 1. The van der Waals surface area contributed by atoms with Gasteiger partial charge < -0.3 is 20.6 Å². The monoisotopic (exact) mass is 323 g/mol. The Balaban J connectivity index is 1.69. The zero-order chi connectivity index (χ0) is 16.8. The fourth-order valence-electron chi connectivity index (χ4n) is 2.34. The lowest BCUT2D eigenvalue weighted by Gasteiger charge is -2.16. The fourth-order valence-corrected chi connectivity index (χ4v) is 2.34. The minimum absolute atomic E-state index is 0.0531. The molecule has 0 radical (unpaired) electrons. The van der Waals surface area contributed by atoms with Gasteiger partial charge in [-0.25, -0.2) is 9.18 Å². The largest absolute Gasteiger partial charge is 0.481 e. The summed E-state index contributed by atoms with van der Waals surface area (Å²) in [5, 5.41) is 14.0. The maximum Gasteiger partial charge on any atom is 0.317 e. The molecule has 8 heteroatoms. The predicted molar refractivity (Wildman–Crippen MR) is 79.4 cm³/mol. The van der Waals surface area contributed by atoms with Crippen LogP contribution in [0.4, 0.5) is 9.18 Å². The first-order valence-corrected chi connectivity index (χ1v) is 7.27. The van der Waals surface area contributed by atoms with Crippen LogP contribution in [0.25, 0.3) is 0 Å². The summed E-state index contributed by atoms with van der Waals surface area (Å²) in [4.78, 5) is 35.8. The summed E-state index contributed by atoms with van der Waals surface area (Å²) in [7, 11) is 0.